The first-order valence-electron chi connectivity index (χ1n) is 41.0. The van der Waals surface area contributed by atoms with Gasteiger partial charge < -0.3 is 137 Å². The van der Waals surface area contributed by atoms with Crippen LogP contribution in [0.1, 0.15) is 132 Å². The third-order valence-electron chi connectivity index (χ3n) is 20.3. The van der Waals surface area contributed by atoms with E-state index in [2.05, 4.69) is 73.2 Å². The Balaban J connectivity index is 1.43. The van der Waals surface area contributed by atoms with Gasteiger partial charge in [-0.05, 0) is 87.3 Å². The number of nitrogen functional groups attached to an aromatic ring is 1. The van der Waals surface area contributed by atoms with Crippen molar-refractivity contribution in [1.82, 2.24) is 84.4 Å². The maximum Gasteiger partial charge on any atom is 0.329 e. The van der Waals surface area contributed by atoms with Gasteiger partial charge in [-0.1, -0.05) is 68.3 Å². The molecular formula is C82H107N19O29. The SMILES string of the molecule is COC(=O)CCCCCCC(=O)NC(Cc1c[nH]c2ccccc12)C(=O)NC(CC(N)=O)C(=O)NC(CC(=O)O)C(=O)NC1C(=O)NCC(=O)NC(CCCNC(=O)C(N)Cc2c[nH]c3ccccc23)C(=O)NC(CC(=O)O)C(=O)NC(C)C(=O)NC(CC(=O)O)C(=O)NCC(=O)NC(CO)C(=O)NC(C(C)CC(=O)O)C(=O)NC(CC(=O)c2ccccc2N)C(=O)OC1C. The number of nitrogens with one attached hydrogen (secondary N) is 16. The van der Waals surface area contributed by atoms with Crippen molar-refractivity contribution in [2.24, 2.45) is 17.4 Å². The number of unbranched alkanes of at least 4 members (excludes halogenated alkanes) is 3. The molecule has 0 radical (unpaired) electrons. The third kappa shape index (κ3) is 33.4. The highest BCUT2D eigenvalue weighted by Crippen LogP contribution is 2.23. The molecule has 5 aromatic rings. The lowest BCUT2D eigenvalue weighted by atomic mass is 9.96. The average molecular weight is 1820 g/mol. The Morgan fingerprint density at radius 3 is 1.61 bits per heavy atom. The van der Waals surface area contributed by atoms with E-state index in [9.17, 15) is 121 Å². The molecule has 0 aliphatic carbocycles. The largest absolute Gasteiger partial charge is 0.481 e. The quantitative estimate of drug-likeness (QED) is 0.00757. The van der Waals surface area contributed by atoms with Crippen molar-refractivity contribution in [2.75, 3.05) is 39.1 Å². The summed E-state index contributed by atoms with van der Waals surface area (Å²) in [5.41, 5.74) is 20.0. The number of aliphatic carboxylic acids is 4. The fourth-order valence-electron chi connectivity index (χ4n) is 13.5. The summed E-state index contributed by atoms with van der Waals surface area (Å²) in [6, 6.07) is -5.59. The highest BCUT2D eigenvalue weighted by molar-refractivity contribution is 6.05. The molecule has 0 saturated carbocycles. The van der Waals surface area contributed by atoms with Gasteiger partial charge in [0, 0.05) is 77.7 Å². The van der Waals surface area contributed by atoms with Crippen molar-refractivity contribution in [3.05, 3.63) is 102 Å². The molecule has 1 aliphatic heterocycles. The van der Waals surface area contributed by atoms with E-state index in [-0.39, 0.29) is 56.3 Å². The number of carboxylic acids is 4. The number of para-hydroxylation sites is 3. The smallest absolute Gasteiger partial charge is 0.329 e. The van der Waals surface area contributed by atoms with Crippen LogP contribution in [0, 0.1) is 5.92 Å². The fourth-order valence-corrected chi connectivity index (χ4v) is 13.5. The van der Waals surface area contributed by atoms with Crippen LogP contribution in [-0.2, 0) is 123 Å². The zero-order chi connectivity index (χ0) is 96.2. The van der Waals surface area contributed by atoms with Gasteiger partial charge in [-0.25, -0.2) is 4.79 Å². The Labute approximate surface area is 740 Å². The van der Waals surface area contributed by atoms with Crippen molar-refractivity contribution < 1.29 is 140 Å². The molecule has 0 bridgehead atoms. The summed E-state index contributed by atoms with van der Waals surface area (Å²) >= 11 is 0. The number of H-pyrrole nitrogens is 2. The number of carbonyl (C=O) groups is 22. The number of methoxy groups -OCH3 is 1. The minimum atomic E-state index is -2.52. The van der Waals surface area contributed by atoms with Crippen LogP contribution < -0.4 is 91.6 Å². The van der Waals surface area contributed by atoms with Gasteiger partial charge >= 0.3 is 35.8 Å². The molecule has 704 valence electrons. The lowest BCUT2D eigenvalue weighted by Gasteiger charge is -2.30. The molecule has 14 atom stereocenters. The number of nitrogens with two attached hydrogens (primary N) is 3. The number of benzene rings is 3. The Kier molecular flexibility index (Phi) is 40.7. The van der Waals surface area contributed by atoms with Crippen LogP contribution in [-0.4, -0.2) is 278 Å². The summed E-state index contributed by atoms with van der Waals surface area (Å²) in [7, 11) is 1.23. The van der Waals surface area contributed by atoms with Gasteiger partial charge in [0.25, 0.3) is 0 Å². The molecule has 48 heteroatoms. The number of anilines is 1. The monoisotopic (exact) mass is 1820 g/mol. The molecular weight excluding hydrogens is 1720 g/mol. The minimum Gasteiger partial charge on any atom is -0.481 e. The van der Waals surface area contributed by atoms with E-state index in [0.717, 1.165) is 31.7 Å². The number of rotatable bonds is 38. The minimum absolute atomic E-state index is 0.0150. The van der Waals surface area contributed by atoms with Gasteiger partial charge in [0.2, 0.25) is 88.6 Å². The Bertz CT molecular complexity index is 5010. The van der Waals surface area contributed by atoms with Crippen molar-refractivity contribution in [1.29, 1.82) is 0 Å². The first kappa shape index (κ1) is 104. The molecule has 14 unspecified atom stereocenters. The van der Waals surface area contributed by atoms with Crippen LogP contribution in [0.4, 0.5) is 5.69 Å². The number of fused-ring (bicyclic) bond motifs is 2. The summed E-state index contributed by atoms with van der Waals surface area (Å²) in [6.45, 7) is -1.31. The average Bonchev–Trinajstić information content (AvgIpc) is 1.72. The van der Waals surface area contributed by atoms with E-state index in [4.69, 9.17) is 21.9 Å². The summed E-state index contributed by atoms with van der Waals surface area (Å²) in [4.78, 5) is 308. The maximum absolute atomic E-state index is 15.0. The van der Waals surface area contributed by atoms with Crippen LogP contribution in [0.2, 0.25) is 0 Å². The highest BCUT2D eigenvalue weighted by Gasteiger charge is 2.42. The number of carbonyl (C=O) groups excluding carboxylic acids is 18. The van der Waals surface area contributed by atoms with Crippen molar-refractivity contribution in [3.63, 3.8) is 0 Å². The van der Waals surface area contributed by atoms with Gasteiger partial charge in [-0.15, -0.1) is 0 Å². The van der Waals surface area contributed by atoms with E-state index in [1.54, 1.807) is 54.7 Å². The molecule has 0 spiro atoms. The van der Waals surface area contributed by atoms with E-state index in [1.807, 2.05) is 16.0 Å². The van der Waals surface area contributed by atoms with E-state index in [1.165, 1.54) is 37.6 Å². The van der Waals surface area contributed by atoms with Crippen LogP contribution >= 0.6 is 0 Å². The Morgan fingerprint density at radius 1 is 0.515 bits per heavy atom. The predicted molar refractivity (Wildman–Crippen MR) is 451 cm³/mol. The number of Topliss-reactive ketones (excluding diaryl/α,β-unsaturated/α-hetero) is 1. The molecule has 48 nitrogen and oxygen atoms in total. The first-order valence-corrected chi connectivity index (χ1v) is 41.0. The van der Waals surface area contributed by atoms with E-state index in [0.29, 0.717) is 41.3 Å². The standard InChI is InChI=1S/C82H107N19O29/c1-39(26-64(108)109)69-81(127)99-57(29-59(103)46-18-9-12-19-47(46)83)82(128)130-41(3)70(101-78(124)56(33-67(114)115)98-77(123)53(30-60(85)104)96-76(122)52(28-43-35-88-50-21-14-11-17-45(43)50)93-61(105)23-7-5-6-8-24-68(116)129-4)80(126)90-37-62(106)92-51(22-15-25-86-72(118)48(84)27-42-34-87-49-20-13-10-16-44(42)49)74(120)97-55(32-66(112)113)75(121)91-40(2)71(117)95-54(31-65(110)111)73(119)89-36-63(107)94-58(38-102)79(125)100-69/h9-14,16-21,34-35,39-41,48,51-58,69-70,87-88,102H,5-8,15,22-33,36-38,83-84H2,1-4H3,(H2,85,104)(H,86,118)(H,89,119)(H,90,126)(H,91,121)(H,92,106)(H,93,105)(H,94,107)(H,95,117)(H,96,122)(H,97,120)(H,98,123)(H,99,127)(H,100,125)(H,101,124)(H,108,109)(H,110,111)(H,112,113)(H,114,115). The van der Waals surface area contributed by atoms with E-state index < -0.39 is 279 Å². The van der Waals surface area contributed by atoms with Gasteiger partial charge in [0.05, 0.1) is 65.0 Å². The molecule has 15 amide bonds. The summed E-state index contributed by atoms with van der Waals surface area (Å²) in [5, 5.41) is 82.5. The van der Waals surface area contributed by atoms with Crippen molar-refractivity contribution in [3.8, 4) is 0 Å². The number of ether oxygens (including phenoxy) is 2. The topological polar surface area (TPSA) is 773 Å². The number of amides is 15. The molecule has 1 aliphatic rings. The number of aliphatic hydroxyl groups excluding tert-OH is 1. The second-order valence-electron chi connectivity index (χ2n) is 30.5. The molecule has 1 saturated heterocycles. The second kappa shape index (κ2) is 51.0. The molecule has 2 aromatic heterocycles. The summed E-state index contributed by atoms with van der Waals surface area (Å²) in [5.74, 6) is -31.9. The number of aromatic nitrogens is 2. The zero-order valence-corrected chi connectivity index (χ0v) is 71.1. The van der Waals surface area contributed by atoms with Gasteiger partial charge in [-0.2, -0.15) is 0 Å². The number of carboxylic acid groups (broad SMARTS) is 4. The first-order chi connectivity index (χ1) is 61.6. The summed E-state index contributed by atoms with van der Waals surface area (Å²) < 4.78 is 10.4. The normalized spacial score (nSPS) is 20.3. The van der Waals surface area contributed by atoms with Crippen LogP contribution in [0.15, 0.2) is 85.2 Å². The summed E-state index contributed by atoms with van der Waals surface area (Å²) in [6.07, 6.45) is -5.78. The molecule has 130 heavy (non-hydrogen) atoms. The number of aromatic amines is 2. The van der Waals surface area contributed by atoms with Crippen LogP contribution in [0.3, 0.4) is 0 Å². The number of hydrogen-bond acceptors (Lipinski definition) is 27. The third-order valence-corrected chi connectivity index (χ3v) is 20.3. The fraction of sp³-hybridized carbons (Fsp3) is 0.463. The lowest BCUT2D eigenvalue weighted by molar-refractivity contribution is -0.156. The maximum atomic E-state index is 15.0. The van der Waals surface area contributed by atoms with Crippen LogP contribution in [0.25, 0.3) is 21.8 Å². The Hall–Kier alpha value is -15.0. The molecule has 27 N–H and O–H groups in total. The van der Waals surface area contributed by atoms with Crippen LogP contribution in [0.5, 0.6) is 0 Å². The number of primary amides is 1. The number of hydrogen-bond donors (Lipinski definition) is 24. The van der Waals surface area contributed by atoms with Gasteiger partial charge in [0.15, 0.2) is 5.78 Å². The lowest BCUT2D eigenvalue weighted by Crippen LogP contribution is -2.62. The number of ketones is 1. The second-order valence-corrected chi connectivity index (χ2v) is 30.5. The molecule has 3 aromatic carbocycles. The highest BCUT2D eigenvalue weighted by atomic mass is 16.5. The number of esters is 2. The predicted octanol–water partition coefficient (Wildman–Crippen LogP) is -6.04. The number of cyclic esters (lactones) is 1. The van der Waals surface area contributed by atoms with Gasteiger partial charge in [-0.3, -0.25) is 101 Å². The molecule has 6 rings (SSSR count). The van der Waals surface area contributed by atoms with Crippen molar-refractivity contribution >= 4 is 158 Å². The Morgan fingerprint density at radius 2 is 1.03 bits per heavy atom. The van der Waals surface area contributed by atoms with Gasteiger partial charge in [0.1, 0.15) is 72.6 Å². The molecule has 3 heterocycles. The zero-order valence-electron chi connectivity index (χ0n) is 71.1. The number of aliphatic hydroxyl groups is 1. The van der Waals surface area contributed by atoms with E-state index >= 15 is 9.59 Å². The molecule has 1 fully saturated rings. The van der Waals surface area contributed by atoms with Crippen molar-refractivity contribution in [2.45, 2.75) is 202 Å².